The van der Waals surface area contributed by atoms with Crippen molar-refractivity contribution in [1.29, 1.82) is 0 Å². The van der Waals surface area contributed by atoms with Crippen LogP contribution in [0.2, 0.25) is 0 Å². The molecule has 146 valence electrons. The van der Waals surface area contributed by atoms with E-state index in [-0.39, 0.29) is 10.8 Å². The molecule has 0 fully saturated rings. The maximum Gasteiger partial charge on any atom is 0.270 e. The van der Waals surface area contributed by atoms with Gasteiger partial charge in [-0.25, -0.2) is 23.5 Å². The van der Waals surface area contributed by atoms with Crippen molar-refractivity contribution in [2.75, 3.05) is 18.4 Å². The summed E-state index contributed by atoms with van der Waals surface area (Å²) in [7, 11) is -3.70. The second-order valence-corrected chi connectivity index (χ2v) is 8.25. The van der Waals surface area contributed by atoms with Crippen LogP contribution in [0.4, 0.5) is 5.95 Å². The van der Waals surface area contributed by atoms with Crippen molar-refractivity contribution < 1.29 is 13.2 Å². The van der Waals surface area contributed by atoms with Crippen molar-refractivity contribution in [3.8, 4) is 0 Å². The molecule has 4 N–H and O–H groups in total. The maximum atomic E-state index is 12.3. The SMILES string of the molecule is Cc1cc(C(=O)NCCc2ccc(S(N)(=O)=O)cc2)nc(NCC(C)C)n1. The third kappa shape index (κ3) is 6.61. The molecule has 2 aromatic rings. The molecule has 8 nitrogen and oxygen atoms in total. The van der Waals surface area contributed by atoms with Crippen molar-refractivity contribution in [3.63, 3.8) is 0 Å². The molecule has 0 saturated heterocycles. The van der Waals surface area contributed by atoms with Crippen LogP contribution in [-0.2, 0) is 16.4 Å². The molecule has 1 aromatic heterocycles. The van der Waals surface area contributed by atoms with Gasteiger partial charge in [0.15, 0.2) is 0 Å². The summed E-state index contributed by atoms with van der Waals surface area (Å²) in [5.74, 6) is 0.591. The van der Waals surface area contributed by atoms with Gasteiger partial charge in [0.25, 0.3) is 5.91 Å². The fraction of sp³-hybridized carbons (Fsp3) is 0.389. The molecule has 0 aliphatic heterocycles. The van der Waals surface area contributed by atoms with Gasteiger partial charge in [0.1, 0.15) is 5.69 Å². The summed E-state index contributed by atoms with van der Waals surface area (Å²) >= 11 is 0. The summed E-state index contributed by atoms with van der Waals surface area (Å²) in [6.07, 6.45) is 0.555. The Morgan fingerprint density at radius 1 is 1.19 bits per heavy atom. The fourth-order valence-electron chi connectivity index (χ4n) is 2.32. The van der Waals surface area contributed by atoms with E-state index in [2.05, 4.69) is 34.4 Å². The summed E-state index contributed by atoms with van der Waals surface area (Å²) in [6.45, 7) is 7.08. The normalized spacial score (nSPS) is 11.4. The molecule has 27 heavy (non-hydrogen) atoms. The van der Waals surface area contributed by atoms with E-state index in [0.717, 1.165) is 12.1 Å². The van der Waals surface area contributed by atoms with Crippen molar-refractivity contribution in [3.05, 3.63) is 47.3 Å². The van der Waals surface area contributed by atoms with E-state index in [1.807, 2.05) is 6.92 Å². The number of anilines is 1. The average Bonchev–Trinajstić information content (AvgIpc) is 2.59. The number of primary sulfonamides is 1. The number of aromatic nitrogens is 2. The Bertz CT molecular complexity index is 896. The Morgan fingerprint density at radius 2 is 1.85 bits per heavy atom. The number of hydrogen-bond acceptors (Lipinski definition) is 6. The zero-order valence-electron chi connectivity index (χ0n) is 15.7. The van der Waals surface area contributed by atoms with Crippen LogP contribution >= 0.6 is 0 Å². The number of sulfonamides is 1. The van der Waals surface area contributed by atoms with E-state index in [1.54, 1.807) is 18.2 Å². The summed E-state index contributed by atoms with van der Waals surface area (Å²) in [5.41, 5.74) is 1.90. The van der Waals surface area contributed by atoms with Crippen LogP contribution in [0.5, 0.6) is 0 Å². The molecule has 0 unspecified atom stereocenters. The van der Waals surface area contributed by atoms with Crippen molar-refractivity contribution in [2.45, 2.75) is 32.1 Å². The third-order valence-corrected chi connectivity index (χ3v) is 4.64. The van der Waals surface area contributed by atoms with Crippen LogP contribution in [0, 0.1) is 12.8 Å². The van der Waals surface area contributed by atoms with Gasteiger partial charge in [-0.15, -0.1) is 0 Å². The highest BCUT2D eigenvalue weighted by Crippen LogP contribution is 2.09. The molecule has 0 aliphatic rings. The number of nitrogens with one attached hydrogen (secondary N) is 2. The van der Waals surface area contributed by atoms with Crippen LogP contribution in [0.25, 0.3) is 0 Å². The molecule has 1 aromatic carbocycles. The quantitative estimate of drug-likeness (QED) is 0.625. The number of carbonyl (C=O) groups excluding carboxylic acids is 1. The smallest absolute Gasteiger partial charge is 0.270 e. The number of carbonyl (C=O) groups is 1. The number of nitrogens with zero attached hydrogens (tertiary/aromatic N) is 2. The van der Waals surface area contributed by atoms with Crippen LogP contribution in [0.1, 0.15) is 35.6 Å². The predicted molar refractivity (Wildman–Crippen MR) is 104 cm³/mol. The lowest BCUT2D eigenvalue weighted by Crippen LogP contribution is -2.27. The highest BCUT2D eigenvalue weighted by atomic mass is 32.2. The molecule has 0 saturated carbocycles. The standard InChI is InChI=1S/C18H25N5O3S/c1-12(2)11-21-18-22-13(3)10-16(23-18)17(24)20-9-8-14-4-6-15(7-5-14)27(19,25)26/h4-7,10,12H,8-9,11H2,1-3H3,(H,20,24)(H2,19,25,26)(H,21,22,23). The first kappa shape index (κ1) is 20.8. The minimum atomic E-state index is -3.70. The molecule has 9 heteroatoms. The van der Waals surface area contributed by atoms with Crippen LogP contribution < -0.4 is 15.8 Å². The van der Waals surface area contributed by atoms with Gasteiger partial charge in [0.2, 0.25) is 16.0 Å². The maximum absolute atomic E-state index is 12.3. The minimum absolute atomic E-state index is 0.0631. The number of nitrogens with two attached hydrogens (primary N) is 1. The fourth-order valence-corrected chi connectivity index (χ4v) is 2.83. The molecular formula is C18H25N5O3S. The van der Waals surface area contributed by atoms with Crippen molar-refractivity contribution in [1.82, 2.24) is 15.3 Å². The first-order chi connectivity index (χ1) is 12.6. The highest BCUT2D eigenvalue weighted by Gasteiger charge is 2.11. The van der Waals surface area contributed by atoms with Crippen molar-refractivity contribution >= 4 is 21.9 Å². The molecule has 1 heterocycles. The summed E-state index contributed by atoms with van der Waals surface area (Å²) in [5, 5.41) is 11.0. The molecule has 2 rings (SSSR count). The van der Waals surface area contributed by atoms with Crippen molar-refractivity contribution in [2.24, 2.45) is 11.1 Å². The molecule has 0 atom stereocenters. The predicted octanol–water partition coefficient (Wildman–Crippen LogP) is 1.47. The number of hydrogen-bond donors (Lipinski definition) is 3. The third-order valence-electron chi connectivity index (χ3n) is 3.71. The van der Waals surface area contributed by atoms with Gasteiger partial charge in [0.05, 0.1) is 4.90 Å². The number of benzene rings is 1. The van der Waals surface area contributed by atoms with E-state index in [9.17, 15) is 13.2 Å². The van der Waals surface area contributed by atoms with E-state index in [0.29, 0.717) is 36.2 Å². The Balaban J connectivity index is 1.93. The Kier molecular flexibility index (Phi) is 6.86. The van der Waals surface area contributed by atoms with Gasteiger partial charge in [-0.2, -0.15) is 0 Å². The lowest BCUT2D eigenvalue weighted by molar-refractivity contribution is 0.0949. The summed E-state index contributed by atoms with van der Waals surface area (Å²) in [4.78, 5) is 20.9. The van der Waals surface area contributed by atoms with Gasteiger partial charge in [-0.1, -0.05) is 26.0 Å². The summed E-state index contributed by atoms with van der Waals surface area (Å²) in [6, 6.07) is 7.89. The first-order valence-corrected chi connectivity index (χ1v) is 10.2. The van der Waals surface area contributed by atoms with Crippen LogP contribution in [-0.4, -0.2) is 37.4 Å². The Morgan fingerprint density at radius 3 is 2.44 bits per heavy atom. The number of amides is 1. The number of rotatable bonds is 8. The van der Waals surface area contributed by atoms with E-state index in [1.165, 1.54) is 12.1 Å². The Labute approximate surface area is 159 Å². The highest BCUT2D eigenvalue weighted by molar-refractivity contribution is 7.89. The molecule has 0 bridgehead atoms. The van der Waals surface area contributed by atoms with Gasteiger partial charge in [-0.05, 0) is 43.0 Å². The monoisotopic (exact) mass is 391 g/mol. The molecular weight excluding hydrogens is 366 g/mol. The van der Waals surface area contributed by atoms with Crippen LogP contribution in [0.15, 0.2) is 35.2 Å². The topological polar surface area (TPSA) is 127 Å². The lowest BCUT2D eigenvalue weighted by Gasteiger charge is -2.10. The zero-order valence-corrected chi connectivity index (χ0v) is 16.5. The van der Waals surface area contributed by atoms with Gasteiger partial charge in [-0.3, -0.25) is 4.79 Å². The minimum Gasteiger partial charge on any atom is -0.354 e. The zero-order chi connectivity index (χ0) is 20.0. The second-order valence-electron chi connectivity index (χ2n) is 6.69. The average molecular weight is 391 g/mol. The van der Waals surface area contributed by atoms with E-state index in [4.69, 9.17) is 5.14 Å². The first-order valence-electron chi connectivity index (χ1n) is 8.64. The van der Waals surface area contributed by atoms with E-state index >= 15 is 0 Å². The molecule has 0 spiro atoms. The second kappa shape index (κ2) is 8.92. The number of aryl methyl sites for hydroxylation is 1. The van der Waals surface area contributed by atoms with Gasteiger partial charge in [0, 0.05) is 18.8 Å². The summed E-state index contributed by atoms with van der Waals surface area (Å²) < 4.78 is 22.5. The molecule has 0 aliphatic carbocycles. The Hall–Kier alpha value is -2.52. The van der Waals surface area contributed by atoms with Crippen LogP contribution in [0.3, 0.4) is 0 Å². The lowest BCUT2D eigenvalue weighted by atomic mass is 10.1. The molecule has 1 amide bonds. The van der Waals surface area contributed by atoms with E-state index < -0.39 is 10.0 Å². The largest absolute Gasteiger partial charge is 0.354 e. The van der Waals surface area contributed by atoms with Gasteiger partial charge >= 0.3 is 0 Å². The molecule has 0 radical (unpaired) electrons. The van der Waals surface area contributed by atoms with Gasteiger partial charge < -0.3 is 10.6 Å².